The Morgan fingerprint density at radius 2 is 1.69 bits per heavy atom. The van der Waals surface area contributed by atoms with Gasteiger partial charge in [-0.15, -0.1) is 0 Å². The number of carbonyl (C=O) groups is 1. The maximum Gasteiger partial charge on any atom is 0.275 e. The number of amides is 1. The average Bonchev–Trinajstić information content (AvgIpc) is 2.65. The third kappa shape index (κ3) is 6.45. The maximum atomic E-state index is 12.2. The molecule has 1 aliphatic carbocycles. The van der Waals surface area contributed by atoms with Gasteiger partial charge in [0.1, 0.15) is 45.1 Å². The summed E-state index contributed by atoms with van der Waals surface area (Å²) >= 11 is 5.88. The molecule has 6 heteroatoms. The van der Waals surface area contributed by atoms with Crippen LogP contribution in [-0.2, 0) is 4.79 Å². The molecule has 1 aromatic rings. The monoisotopic (exact) mass is 381 g/mol. The first-order valence-electron chi connectivity index (χ1n) is 10.0. The van der Waals surface area contributed by atoms with E-state index < -0.39 is 0 Å². The van der Waals surface area contributed by atoms with E-state index in [1.54, 1.807) is 4.90 Å². The highest BCUT2D eigenvalue weighted by molar-refractivity contribution is 6.30. The summed E-state index contributed by atoms with van der Waals surface area (Å²) in [4.78, 5) is 15.2. The number of hydrogen-bond donors (Lipinski definition) is 3. The third-order valence-corrected chi connectivity index (χ3v) is 5.84. The maximum absolute atomic E-state index is 12.2. The second kappa shape index (κ2) is 10.1. The smallest absolute Gasteiger partial charge is 0.275 e. The van der Waals surface area contributed by atoms with E-state index in [4.69, 9.17) is 16.3 Å². The van der Waals surface area contributed by atoms with Crippen LogP contribution in [0.4, 0.5) is 0 Å². The van der Waals surface area contributed by atoms with Gasteiger partial charge in [-0.3, -0.25) is 4.79 Å². The van der Waals surface area contributed by atoms with Gasteiger partial charge in [-0.05, 0) is 37.1 Å². The molecular weight excluding hydrogens is 350 g/mol. The molecule has 144 valence electrons. The lowest BCUT2D eigenvalue weighted by atomic mass is 9.95. The van der Waals surface area contributed by atoms with Crippen LogP contribution in [0.3, 0.4) is 0 Å². The van der Waals surface area contributed by atoms with Gasteiger partial charge in [0.2, 0.25) is 0 Å². The number of rotatable bonds is 7. The fourth-order valence-electron chi connectivity index (χ4n) is 3.98. The number of ether oxygens (including phenoxy) is 1. The van der Waals surface area contributed by atoms with E-state index in [1.807, 2.05) is 24.3 Å². The van der Waals surface area contributed by atoms with Crippen LogP contribution in [0.5, 0.6) is 5.75 Å². The number of quaternary nitrogens is 2. The van der Waals surface area contributed by atoms with Crippen molar-refractivity contribution in [2.45, 2.75) is 38.1 Å². The first-order chi connectivity index (χ1) is 12.7. The van der Waals surface area contributed by atoms with E-state index >= 15 is 0 Å². The van der Waals surface area contributed by atoms with E-state index in [9.17, 15) is 4.79 Å². The van der Waals surface area contributed by atoms with Crippen molar-refractivity contribution in [1.82, 2.24) is 5.32 Å². The molecule has 1 saturated carbocycles. The summed E-state index contributed by atoms with van der Waals surface area (Å²) in [5.41, 5.74) is 0. The summed E-state index contributed by atoms with van der Waals surface area (Å²) < 4.78 is 5.79. The molecule has 0 atom stereocenters. The predicted octanol–water partition coefficient (Wildman–Crippen LogP) is -0.0489. The van der Waals surface area contributed by atoms with Crippen LogP contribution in [0, 0.1) is 0 Å². The summed E-state index contributed by atoms with van der Waals surface area (Å²) in [6.07, 6.45) is 6.17. The molecular formula is C20H32ClN3O2+2. The zero-order valence-corrected chi connectivity index (χ0v) is 16.3. The first kappa shape index (κ1) is 19.5. The fraction of sp³-hybridized carbons (Fsp3) is 0.650. The fourth-order valence-corrected chi connectivity index (χ4v) is 4.11. The van der Waals surface area contributed by atoms with Gasteiger partial charge in [0.05, 0.1) is 0 Å². The number of nitrogens with one attached hydrogen (secondary N) is 3. The third-order valence-electron chi connectivity index (χ3n) is 5.58. The molecule has 1 aromatic carbocycles. The van der Waals surface area contributed by atoms with Crippen molar-refractivity contribution in [3.8, 4) is 5.75 Å². The van der Waals surface area contributed by atoms with E-state index in [-0.39, 0.29) is 5.91 Å². The highest BCUT2D eigenvalue weighted by Crippen LogP contribution is 2.17. The van der Waals surface area contributed by atoms with Gasteiger partial charge in [0.15, 0.2) is 6.54 Å². The summed E-state index contributed by atoms with van der Waals surface area (Å²) in [5.74, 6) is 1.11. The molecule has 3 N–H and O–H groups in total. The lowest BCUT2D eigenvalue weighted by Gasteiger charge is -2.30. The quantitative estimate of drug-likeness (QED) is 0.620. The van der Waals surface area contributed by atoms with Crippen LogP contribution >= 0.6 is 11.6 Å². The Balaban J connectivity index is 1.28. The molecule has 0 bridgehead atoms. The molecule has 5 nitrogen and oxygen atoms in total. The zero-order chi connectivity index (χ0) is 18.2. The van der Waals surface area contributed by atoms with Crippen LogP contribution in [-0.4, -0.2) is 57.8 Å². The van der Waals surface area contributed by atoms with Gasteiger partial charge in [-0.2, -0.15) is 0 Å². The lowest BCUT2D eigenvalue weighted by Crippen LogP contribution is -3.28. The van der Waals surface area contributed by atoms with Crippen LogP contribution in [0.1, 0.15) is 32.1 Å². The second-order valence-corrected chi connectivity index (χ2v) is 8.07. The Morgan fingerprint density at radius 3 is 2.38 bits per heavy atom. The molecule has 1 heterocycles. The van der Waals surface area contributed by atoms with Gasteiger partial charge in [-0.25, -0.2) is 0 Å². The molecule has 1 amide bonds. The van der Waals surface area contributed by atoms with E-state index in [1.165, 1.54) is 24.2 Å². The molecule has 0 radical (unpaired) electrons. The SMILES string of the molecule is O=C(C[NH+]1CC[NH+](CCOc2ccc(Cl)cc2)CC1)NC1CCCCC1. The Hall–Kier alpha value is -1.30. The number of hydrogen-bond acceptors (Lipinski definition) is 2. The largest absolute Gasteiger partial charge is 0.488 e. The van der Waals surface area contributed by atoms with Crippen molar-refractivity contribution in [2.75, 3.05) is 45.9 Å². The van der Waals surface area contributed by atoms with E-state index in [0.29, 0.717) is 19.2 Å². The summed E-state index contributed by atoms with van der Waals surface area (Å²) in [5, 5.41) is 3.97. The van der Waals surface area contributed by atoms with Crippen LogP contribution in [0.15, 0.2) is 24.3 Å². The molecule has 2 aliphatic rings. The van der Waals surface area contributed by atoms with Crippen molar-refractivity contribution >= 4 is 17.5 Å². The van der Waals surface area contributed by atoms with Crippen molar-refractivity contribution in [3.05, 3.63) is 29.3 Å². The van der Waals surface area contributed by atoms with Gasteiger partial charge in [0, 0.05) is 11.1 Å². The van der Waals surface area contributed by atoms with Gasteiger partial charge in [0.25, 0.3) is 5.91 Å². The average molecular weight is 382 g/mol. The van der Waals surface area contributed by atoms with Crippen molar-refractivity contribution in [1.29, 1.82) is 0 Å². The summed E-state index contributed by atoms with van der Waals surface area (Å²) in [6, 6.07) is 7.94. The summed E-state index contributed by atoms with van der Waals surface area (Å²) in [6.45, 7) is 6.69. The zero-order valence-electron chi connectivity index (χ0n) is 15.6. The summed E-state index contributed by atoms with van der Waals surface area (Å²) in [7, 11) is 0. The minimum Gasteiger partial charge on any atom is -0.488 e. The molecule has 2 fully saturated rings. The van der Waals surface area contributed by atoms with Crippen molar-refractivity contribution in [2.24, 2.45) is 0 Å². The normalized spacial score (nSPS) is 24.2. The minimum absolute atomic E-state index is 0.237. The molecule has 1 saturated heterocycles. The Morgan fingerprint density at radius 1 is 1.04 bits per heavy atom. The van der Waals surface area contributed by atoms with E-state index in [0.717, 1.165) is 56.3 Å². The molecule has 0 spiro atoms. The molecule has 3 rings (SSSR count). The van der Waals surface area contributed by atoms with Crippen LogP contribution in [0.2, 0.25) is 5.02 Å². The number of halogens is 1. The number of carbonyl (C=O) groups excluding carboxylic acids is 1. The van der Waals surface area contributed by atoms with Crippen LogP contribution < -0.4 is 19.9 Å². The molecule has 0 unspecified atom stereocenters. The predicted molar refractivity (Wildman–Crippen MR) is 103 cm³/mol. The van der Waals surface area contributed by atoms with Crippen LogP contribution in [0.25, 0.3) is 0 Å². The highest BCUT2D eigenvalue weighted by atomic mass is 35.5. The Labute approximate surface area is 161 Å². The van der Waals surface area contributed by atoms with Crippen molar-refractivity contribution in [3.63, 3.8) is 0 Å². The van der Waals surface area contributed by atoms with E-state index in [2.05, 4.69) is 5.32 Å². The molecule has 26 heavy (non-hydrogen) atoms. The van der Waals surface area contributed by atoms with Gasteiger partial charge < -0.3 is 19.9 Å². The van der Waals surface area contributed by atoms with Crippen molar-refractivity contribution < 1.29 is 19.3 Å². The highest BCUT2D eigenvalue weighted by Gasteiger charge is 2.25. The van der Waals surface area contributed by atoms with Gasteiger partial charge >= 0.3 is 0 Å². The standard InChI is InChI=1S/C20H30ClN3O2/c21-17-6-8-19(9-7-17)26-15-14-23-10-12-24(13-11-23)16-20(25)22-18-4-2-1-3-5-18/h6-9,18H,1-5,10-16H2,(H,22,25)/p+2. The Bertz CT molecular complexity index is 553. The first-order valence-corrected chi connectivity index (χ1v) is 10.4. The molecule has 0 aromatic heterocycles. The second-order valence-electron chi connectivity index (χ2n) is 7.63. The Kier molecular flexibility index (Phi) is 7.59. The minimum atomic E-state index is 0.237. The lowest BCUT2D eigenvalue weighted by molar-refractivity contribution is -1.01. The number of benzene rings is 1. The topological polar surface area (TPSA) is 47.2 Å². The van der Waals surface area contributed by atoms with Gasteiger partial charge in [-0.1, -0.05) is 30.9 Å². The number of piperazine rings is 1. The molecule has 1 aliphatic heterocycles.